The number of nitrogens with two attached hydrogens (primary N) is 1. The fraction of sp³-hybridized carbons (Fsp3) is 0.533. The zero-order valence-corrected chi connectivity index (χ0v) is 13.9. The second kappa shape index (κ2) is 7.76. The van der Waals surface area contributed by atoms with Crippen LogP contribution in [-0.4, -0.2) is 34.1 Å². The molecule has 2 rings (SSSR count). The van der Waals surface area contributed by atoms with Crippen molar-refractivity contribution in [1.82, 2.24) is 0 Å². The van der Waals surface area contributed by atoms with E-state index in [1.165, 1.54) is 19.2 Å². The molecule has 8 heteroatoms. The van der Waals surface area contributed by atoms with Crippen molar-refractivity contribution in [3.63, 3.8) is 0 Å². The first-order valence-corrected chi connectivity index (χ1v) is 9.07. The van der Waals surface area contributed by atoms with Crippen molar-refractivity contribution in [3.8, 4) is 5.75 Å². The summed E-state index contributed by atoms with van der Waals surface area (Å²) in [5.74, 6) is -0.0502. The Balaban J connectivity index is 1.97. The molecule has 0 spiro atoms. The van der Waals surface area contributed by atoms with E-state index in [1.807, 2.05) is 0 Å². The molecule has 1 fully saturated rings. The van der Waals surface area contributed by atoms with Crippen molar-refractivity contribution in [3.05, 3.63) is 18.2 Å². The van der Waals surface area contributed by atoms with E-state index < -0.39 is 10.0 Å². The molecule has 1 amide bonds. The molecule has 1 aromatic rings. The molecule has 0 bridgehead atoms. The largest absolute Gasteiger partial charge is 0.495 e. The molecule has 0 saturated carbocycles. The van der Waals surface area contributed by atoms with Gasteiger partial charge in [0.2, 0.25) is 15.9 Å². The molecular weight excluding hydrogens is 320 g/mol. The smallest absolute Gasteiger partial charge is 0.241 e. The van der Waals surface area contributed by atoms with Crippen LogP contribution in [0.1, 0.15) is 32.1 Å². The van der Waals surface area contributed by atoms with Crippen LogP contribution in [0.3, 0.4) is 0 Å². The molecule has 128 valence electrons. The number of ether oxygens (including phenoxy) is 2. The minimum absolute atomic E-state index is 0.130. The topological polar surface area (TPSA) is 108 Å². The third-order valence-electron chi connectivity index (χ3n) is 3.72. The van der Waals surface area contributed by atoms with Crippen molar-refractivity contribution in [2.45, 2.75) is 43.1 Å². The second-order valence-corrected chi connectivity index (χ2v) is 7.02. The zero-order valence-electron chi connectivity index (χ0n) is 13.1. The van der Waals surface area contributed by atoms with Crippen LogP contribution in [0.4, 0.5) is 5.69 Å². The molecule has 0 aliphatic carbocycles. The van der Waals surface area contributed by atoms with Gasteiger partial charge in [0, 0.05) is 18.7 Å². The molecule has 1 saturated heterocycles. The summed E-state index contributed by atoms with van der Waals surface area (Å²) < 4.78 is 33.7. The van der Waals surface area contributed by atoms with Crippen LogP contribution < -0.4 is 15.2 Å². The van der Waals surface area contributed by atoms with E-state index in [2.05, 4.69) is 5.32 Å². The Labute approximate surface area is 136 Å². The number of carbonyl (C=O) groups is 1. The Bertz CT molecular complexity index is 654. The molecule has 7 nitrogen and oxygen atoms in total. The monoisotopic (exact) mass is 342 g/mol. The predicted octanol–water partition coefficient (Wildman–Crippen LogP) is 1.63. The normalized spacial score (nSPS) is 18.4. The Morgan fingerprint density at radius 2 is 2.22 bits per heavy atom. The highest BCUT2D eigenvalue weighted by atomic mass is 32.2. The first-order valence-electron chi connectivity index (χ1n) is 7.52. The lowest BCUT2D eigenvalue weighted by molar-refractivity contribution is -0.117. The lowest BCUT2D eigenvalue weighted by Crippen LogP contribution is -2.22. The van der Waals surface area contributed by atoms with E-state index in [9.17, 15) is 13.2 Å². The third-order valence-corrected chi connectivity index (χ3v) is 4.65. The maximum Gasteiger partial charge on any atom is 0.241 e. The minimum Gasteiger partial charge on any atom is -0.495 e. The minimum atomic E-state index is -3.93. The van der Waals surface area contributed by atoms with Crippen molar-refractivity contribution in [1.29, 1.82) is 0 Å². The van der Waals surface area contributed by atoms with Crippen LogP contribution in [0.25, 0.3) is 0 Å². The van der Waals surface area contributed by atoms with Gasteiger partial charge in [0.05, 0.1) is 13.2 Å². The highest BCUT2D eigenvalue weighted by molar-refractivity contribution is 7.89. The average Bonchev–Trinajstić information content (AvgIpc) is 2.53. The van der Waals surface area contributed by atoms with Crippen LogP contribution in [-0.2, 0) is 19.6 Å². The summed E-state index contributed by atoms with van der Waals surface area (Å²) in [6.07, 6.45) is 4.29. The van der Waals surface area contributed by atoms with Gasteiger partial charge < -0.3 is 14.8 Å². The number of primary sulfonamides is 1. The van der Waals surface area contributed by atoms with Gasteiger partial charge in [-0.15, -0.1) is 0 Å². The number of sulfonamides is 1. The molecule has 1 heterocycles. The molecule has 1 aliphatic rings. The summed E-state index contributed by atoms with van der Waals surface area (Å²) in [6, 6.07) is 4.32. The Morgan fingerprint density at radius 3 is 2.83 bits per heavy atom. The molecule has 3 N–H and O–H groups in total. The van der Waals surface area contributed by atoms with Gasteiger partial charge in [-0.2, -0.15) is 0 Å². The molecule has 1 aromatic carbocycles. The Kier molecular flexibility index (Phi) is 5.97. The Hall–Kier alpha value is -1.64. The number of rotatable bonds is 6. The Morgan fingerprint density at radius 1 is 1.43 bits per heavy atom. The van der Waals surface area contributed by atoms with Gasteiger partial charge in [-0.3, -0.25) is 4.79 Å². The quantitative estimate of drug-likeness (QED) is 0.817. The first-order chi connectivity index (χ1) is 10.9. The lowest BCUT2D eigenvalue weighted by Gasteiger charge is -2.22. The van der Waals surface area contributed by atoms with Crippen LogP contribution in [0, 0.1) is 0 Å². The number of carbonyl (C=O) groups excluding carboxylic acids is 1. The van der Waals surface area contributed by atoms with Crippen LogP contribution in [0.15, 0.2) is 23.1 Å². The van der Waals surface area contributed by atoms with Crippen molar-refractivity contribution < 1.29 is 22.7 Å². The third kappa shape index (κ3) is 5.19. The molecule has 0 radical (unpaired) electrons. The number of benzene rings is 1. The maximum absolute atomic E-state index is 12.0. The SMILES string of the molecule is COc1ccc(NC(=O)CC[C@H]2CCCCO2)cc1S(N)(=O)=O. The van der Waals surface area contributed by atoms with Gasteiger partial charge in [0.15, 0.2) is 0 Å². The number of hydrogen-bond acceptors (Lipinski definition) is 5. The summed E-state index contributed by atoms with van der Waals surface area (Å²) in [5.41, 5.74) is 0.365. The van der Waals surface area contributed by atoms with Gasteiger partial charge in [-0.05, 0) is 43.9 Å². The number of nitrogens with one attached hydrogen (secondary N) is 1. The molecule has 23 heavy (non-hydrogen) atoms. The number of anilines is 1. The molecule has 0 unspecified atom stereocenters. The second-order valence-electron chi connectivity index (χ2n) is 5.49. The fourth-order valence-electron chi connectivity index (χ4n) is 2.53. The van der Waals surface area contributed by atoms with Gasteiger partial charge in [0.1, 0.15) is 10.6 Å². The van der Waals surface area contributed by atoms with Gasteiger partial charge in [-0.1, -0.05) is 0 Å². The van der Waals surface area contributed by atoms with Crippen LogP contribution in [0.2, 0.25) is 0 Å². The molecular formula is C15H22N2O5S. The van der Waals surface area contributed by atoms with Crippen LogP contribution in [0.5, 0.6) is 5.75 Å². The van der Waals surface area contributed by atoms with E-state index in [0.717, 1.165) is 25.9 Å². The zero-order chi connectivity index (χ0) is 16.9. The van der Waals surface area contributed by atoms with E-state index in [4.69, 9.17) is 14.6 Å². The summed E-state index contributed by atoms with van der Waals surface area (Å²) in [4.78, 5) is 11.8. The molecule has 1 aliphatic heterocycles. The standard InChI is InChI=1S/C15H22N2O5S/c1-21-13-7-5-11(10-14(13)23(16,19)20)17-15(18)8-6-12-4-2-3-9-22-12/h5,7,10,12H,2-4,6,8-9H2,1H3,(H,17,18)(H2,16,19,20)/t12-/m1/s1. The van der Waals surface area contributed by atoms with E-state index >= 15 is 0 Å². The fourth-order valence-corrected chi connectivity index (χ4v) is 3.25. The molecule has 0 aromatic heterocycles. The highest BCUT2D eigenvalue weighted by Gasteiger charge is 2.18. The predicted molar refractivity (Wildman–Crippen MR) is 85.8 cm³/mol. The summed E-state index contributed by atoms with van der Waals surface area (Å²) in [7, 11) is -2.58. The lowest BCUT2D eigenvalue weighted by atomic mass is 10.0. The van der Waals surface area contributed by atoms with Gasteiger partial charge in [0.25, 0.3) is 0 Å². The number of amides is 1. The number of methoxy groups -OCH3 is 1. The van der Waals surface area contributed by atoms with E-state index in [1.54, 1.807) is 6.07 Å². The molecule has 1 atom stereocenters. The average molecular weight is 342 g/mol. The van der Waals surface area contributed by atoms with Crippen molar-refractivity contribution in [2.75, 3.05) is 19.0 Å². The summed E-state index contributed by atoms with van der Waals surface area (Å²) in [5, 5.41) is 7.83. The van der Waals surface area contributed by atoms with Crippen molar-refractivity contribution in [2.24, 2.45) is 5.14 Å². The van der Waals surface area contributed by atoms with Crippen LogP contribution >= 0.6 is 0 Å². The number of hydrogen-bond donors (Lipinski definition) is 2. The van der Waals surface area contributed by atoms with E-state index in [-0.39, 0.29) is 22.7 Å². The maximum atomic E-state index is 12.0. The summed E-state index contributed by atoms with van der Waals surface area (Å²) in [6.45, 7) is 0.752. The van der Waals surface area contributed by atoms with E-state index in [0.29, 0.717) is 18.5 Å². The van der Waals surface area contributed by atoms with Gasteiger partial charge >= 0.3 is 0 Å². The summed E-state index contributed by atoms with van der Waals surface area (Å²) >= 11 is 0. The van der Waals surface area contributed by atoms with Crippen molar-refractivity contribution >= 4 is 21.6 Å². The highest BCUT2D eigenvalue weighted by Crippen LogP contribution is 2.26. The van der Waals surface area contributed by atoms with Gasteiger partial charge in [-0.25, -0.2) is 13.6 Å². The first kappa shape index (κ1) is 17.7.